The van der Waals surface area contributed by atoms with Crippen LogP contribution in [0.2, 0.25) is 0 Å². The van der Waals surface area contributed by atoms with Crippen molar-refractivity contribution >= 4 is 19.9 Å². The van der Waals surface area contributed by atoms with E-state index < -0.39 is 19.9 Å². The zero-order chi connectivity index (χ0) is 16.3. The predicted octanol–water partition coefficient (Wildman–Crippen LogP) is 2.19. The molecular weight excluding hydrogens is 310 g/mol. The summed E-state index contributed by atoms with van der Waals surface area (Å²) >= 11 is 0. The standard InChI is InChI=1S/C14H23NO4S2/c1-5-14(2,3)10-11-15-21(18,19)13-8-6-12(7-9-13)20(4,16)17/h6-9,15H,5,10-11H2,1-4H3. The van der Waals surface area contributed by atoms with Crippen LogP contribution in [0, 0.1) is 5.41 Å². The van der Waals surface area contributed by atoms with Crippen molar-refractivity contribution in [3.63, 3.8) is 0 Å². The van der Waals surface area contributed by atoms with Crippen LogP contribution in [0.5, 0.6) is 0 Å². The molecule has 0 aliphatic carbocycles. The van der Waals surface area contributed by atoms with Crippen LogP contribution in [0.25, 0.3) is 0 Å². The highest BCUT2D eigenvalue weighted by atomic mass is 32.2. The number of sulfone groups is 1. The van der Waals surface area contributed by atoms with Gasteiger partial charge >= 0.3 is 0 Å². The van der Waals surface area contributed by atoms with Crippen LogP contribution < -0.4 is 4.72 Å². The topological polar surface area (TPSA) is 80.3 Å². The van der Waals surface area contributed by atoms with Gasteiger partial charge in [0.1, 0.15) is 0 Å². The fourth-order valence-corrected chi connectivity index (χ4v) is 3.31. The highest BCUT2D eigenvalue weighted by Crippen LogP contribution is 2.23. The van der Waals surface area contributed by atoms with Crippen molar-refractivity contribution in [1.82, 2.24) is 4.72 Å². The van der Waals surface area contributed by atoms with Crippen molar-refractivity contribution in [3.05, 3.63) is 24.3 Å². The zero-order valence-corrected chi connectivity index (χ0v) is 14.5. The third-order valence-electron chi connectivity index (χ3n) is 3.61. The molecule has 0 aromatic heterocycles. The molecule has 0 aliphatic rings. The minimum absolute atomic E-state index is 0.0733. The summed E-state index contributed by atoms with van der Waals surface area (Å²) in [5.41, 5.74) is 0.0860. The molecule has 120 valence electrons. The first-order chi connectivity index (χ1) is 9.48. The molecule has 0 atom stereocenters. The summed E-state index contributed by atoms with van der Waals surface area (Å²) < 4.78 is 49.4. The van der Waals surface area contributed by atoms with Crippen molar-refractivity contribution in [3.8, 4) is 0 Å². The first-order valence-corrected chi connectivity index (χ1v) is 10.2. The molecule has 0 amide bonds. The van der Waals surface area contributed by atoms with E-state index in [1.807, 2.05) is 0 Å². The van der Waals surface area contributed by atoms with E-state index in [4.69, 9.17) is 0 Å². The Morgan fingerprint density at radius 3 is 1.90 bits per heavy atom. The van der Waals surface area contributed by atoms with Gasteiger partial charge in [-0.3, -0.25) is 0 Å². The lowest BCUT2D eigenvalue weighted by Crippen LogP contribution is -2.28. The molecule has 21 heavy (non-hydrogen) atoms. The lowest BCUT2D eigenvalue weighted by Gasteiger charge is -2.22. The van der Waals surface area contributed by atoms with E-state index >= 15 is 0 Å². The Morgan fingerprint density at radius 1 is 1.00 bits per heavy atom. The van der Waals surface area contributed by atoms with E-state index in [0.717, 1.165) is 19.1 Å². The molecule has 0 unspecified atom stereocenters. The maximum absolute atomic E-state index is 12.1. The SMILES string of the molecule is CCC(C)(C)CCNS(=O)(=O)c1ccc(S(C)(=O)=O)cc1. The molecule has 1 rings (SSSR count). The minimum atomic E-state index is -3.60. The van der Waals surface area contributed by atoms with Gasteiger partial charge in [-0.15, -0.1) is 0 Å². The van der Waals surface area contributed by atoms with E-state index in [1.54, 1.807) is 0 Å². The van der Waals surface area contributed by atoms with Crippen LogP contribution in [0.1, 0.15) is 33.6 Å². The van der Waals surface area contributed by atoms with Gasteiger partial charge in [-0.2, -0.15) is 0 Å². The smallest absolute Gasteiger partial charge is 0.224 e. The maximum atomic E-state index is 12.1. The van der Waals surface area contributed by atoms with E-state index in [1.165, 1.54) is 24.3 Å². The Kier molecular flexibility index (Phi) is 5.57. The van der Waals surface area contributed by atoms with Gasteiger partial charge in [-0.1, -0.05) is 27.2 Å². The molecule has 1 aromatic carbocycles. The van der Waals surface area contributed by atoms with Crippen molar-refractivity contribution in [2.45, 2.75) is 43.4 Å². The molecule has 0 aliphatic heterocycles. The lowest BCUT2D eigenvalue weighted by molar-refractivity contribution is 0.323. The molecule has 1 aromatic rings. The van der Waals surface area contributed by atoms with Gasteiger partial charge in [0.15, 0.2) is 9.84 Å². The second kappa shape index (κ2) is 6.46. The third kappa shape index (κ3) is 5.41. The van der Waals surface area contributed by atoms with Gasteiger partial charge in [0.2, 0.25) is 10.0 Å². The highest BCUT2D eigenvalue weighted by molar-refractivity contribution is 7.90. The fourth-order valence-electron chi connectivity index (χ4n) is 1.65. The van der Waals surface area contributed by atoms with Crippen LogP contribution >= 0.6 is 0 Å². The molecule has 0 radical (unpaired) electrons. The van der Waals surface area contributed by atoms with Crippen molar-refractivity contribution in [1.29, 1.82) is 0 Å². The highest BCUT2D eigenvalue weighted by Gasteiger charge is 2.18. The number of benzene rings is 1. The number of hydrogen-bond donors (Lipinski definition) is 1. The van der Waals surface area contributed by atoms with Crippen LogP contribution in [0.3, 0.4) is 0 Å². The van der Waals surface area contributed by atoms with Crippen LogP contribution in [-0.4, -0.2) is 29.6 Å². The predicted molar refractivity (Wildman–Crippen MR) is 83.4 cm³/mol. The molecule has 0 fully saturated rings. The summed E-state index contributed by atoms with van der Waals surface area (Å²) in [7, 11) is -6.92. The largest absolute Gasteiger partial charge is 0.240 e. The second-order valence-electron chi connectivity index (χ2n) is 5.91. The number of nitrogens with one attached hydrogen (secondary N) is 1. The molecule has 5 nitrogen and oxygen atoms in total. The zero-order valence-electron chi connectivity index (χ0n) is 12.9. The number of hydrogen-bond acceptors (Lipinski definition) is 4. The summed E-state index contributed by atoms with van der Waals surface area (Å²) in [4.78, 5) is 0.178. The number of sulfonamides is 1. The van der Waals surface area contributed by atoms with Gasteiger partial charge in [0.25, 0.3) is 0 Å². The van der Waals surface area contributed by atoms with Crippen molar-refractivity contribution in [2.24, 2.45) is 5.41 Å². The van der Waals surface area contributed by atoms with E-state index in [-0.39, 0.29) is 15.2 Å². The normalized spacial score (nSPS) is 13.3. The summed E-state index contributed by atoms with van der Waals surface area (Å²) in [5, 5.41) is 0. The van der Waals surface area contributed by atoms with Crippen LogP contribution in [0.4, 0.5) is 0 Å². The Labute approximate surface area is 127 Å². The minimum Gasteiger partial charge on any atom is -0.224 e. The summed E-state index contributed by atoms with van der Waals surface area (Å²) in [6.45, 7) is 6.60. The number of rotatable bonds is 7. The first-order valence-electron chi connectivity index (χ1n) is 6.78. The van der Waals surface area contributed by atoms with Gasteiger partial charge in [-0.25, -0.2) is 21.6 Å². The molecule has 1 N–H and O–H groups in total. The molecular formula is C14H23NO4S2. The van der Waals surface area contributed by atoms with Gasteiger partial charge < -0.3 is 0 Å². The average molecular weight is 333 g/mol. The Bertz CT molecular complexity index is 674. The third-order valence-corrected chi connectivity index (χ3v) is 6.22. The van der Waals surface area contributed by atoms with Crippen LogP contribution in [-0.2, 0) is 19.9 Å². The van der Waals surface area contributed by atoms with E-state index in [0.29, 0.717) is 6.54 Å². The quantitative estimate of drug-likeness (QED) is 0.829. The second-order valence-corrected chi connectivity index (χ2v) is 9.69. The van der Waals surface area contributed by atoms with E-state index in [9.17, 15) is 16.8 Å². The monoisotopic (exact) mass is 333 g/mol. The van der Waals surface area contributed by atoms with Gasteiger partial charge in [0, 0.05) is 12.8 Å². The molecule has 0 heterocycles. The molecule has 0 spiro atoms. The summed E-state index contributed by atoms with van der Waals surface area (Å²) in [5.74, 6) is 0. The van der Waals surface area contributed by atoms with Crippen molar-refractivity contribution in [2.75, 3.05) is 12.8 Å². The molecule has 0 bridgehead atoms. The fraction of sp³-hybridized carbons (Fsp3) is 0.571. The van der Waals surface area contributed by atoms with E-state index in [2.05, 4.69) is 25.5 Å². The molecule has 0 saturated carbocycles. The average Bonchev–Trinajstić information content (AvgIpc) is 2.37. The summed E-state index contributed by atoms with van der Waals surface area (Å²) in [6, 6.07) is 5.23. The molecule has 0 saturated heterocycles. The van der Waals surface area contributed by atoms with Crippen molar-refractivity contribution < 1.29 is 16.8 Å². The Hall–Kier alpha value is -0.920. The first kappa shape index (κ1) is 18.1. The van der Waals surface area contributed by atoms with Crippen LogP contribution in [0.15, 0.2) is 34.1 Å². The maximum Gasteiger partial charge on any atom is 0.240 e. The summed E-state index contributed by atoms with van der Waals surface area (Å²) in [6.07, 6.45) is 2.80. The Balaban J connectivity index is 2.80. The molecule has 7 heteroatoms. The lowest BCUT2D eigenvalue weighted by atomic mass is 9.87. The van der Waals surface area contributed by atoms with Gasteiger partial charge in [-0.05, 0) is 36.1 Å². The van der Waals surface area contributed by atoms with Gasteiger partial charge in [0.05, 0.1) is 9.79 Å². The Morgan fingerprint density at radius 2 is 1.48 bits per heavy atom.